The van der Waals surface area contributed by atoms with Crippen LogP contribution in [-0.4, -0.2) is 62.3 Å². The molecule has 0 bridgehead atoms. The molecule has 2 unspecified atom stereocenters. The Hall–Kier alpha value is -1.91. The number of carbonyl (C=O) groups excluding carboxylic acids is 2. The van der Waals surface area contributed by atoms with E-state index in [2.05, 4.69) is 4.72 Å². The van der Waals surface area contributed by atoms with E-state index in [-0.39, 0.29) is 30.0 Å². The SMILES string of the molecule is NS(=O)(=O)NCC1CCCN(C(=O)C2CCCCN2C(=O)c2ccco2)C1. The number of nitrogens with one attached hydrogen (secondary N) is 1. The third-order valence-corrected chi connectivity index (χ3v) is 5.75. The summed E-state index contributed by atoms with van der Waals surface area (Å²) in [6.45, 7) is 1.81. The maximum atomic E-state index is 13.1. The van der Waals surface area contributed by atoms with Crippen molar-refractivity contribution < 1.29 is 22.4 Å². The van der Waals surface area contributed by atoms with Crippen molar-refractivity contribution in [2.24, 2.45) is 11.1 Å². The molecule has 2 amide bonds. The first-order chi connectivity index (χ1) is 12.8. The van der Waals surface area contributed by atoms with Gasteiger partial charge in [-0.3, -0.25) is 9.59 Å². The molecule has 2 atom stereocenters. The third-order valence-electron chi connectivity index (χ3n) is 5.18. The van der Waals surface area contributed by atoms with Gasteiger partial charge in [0.25, 0.3) is 16.1 Å². The van der Waals surface area contributed by atoms with E-state index in [0.717, 1.165) is 25.7 Å². The minimum absolute atomic E-state index is 0.0128. The molecule has 1 aromatic rings. The van der Waals surface area contributed by atoms with Gasteiger partial charge in [0.05, 0.1) is 6.26 Å². The van der Waals surface area contributed by atoms with Crippen LogP contribution in [0.15, 0.2) is 22.8 Å². The Balaban J connectivity index is 1.66. The van der Waals surface area contributed by atoms with Gasteiger partial charge in [0, 0.05) is 26.2 Å². The average molecular weight is 398 g/mol. The Kier molecular flexibility index (Phi) is 6.18. The van der Waals surface area contributed by atoms with Crippen LogP contribution in [0.1, 0.15) is 42.7 Å². The number of rotatable bonds is 5. The van der Waals surface area contributed by atoms with Crippen molar-refractivity contribution in [2.75, 3.05) is 26.2 Å². The highest BCUT2D eigenvalue weighted by molar-refractivity contribution is 7.87. The molecule has 3 N–H and O–H groups in total. The van der Waals surface area contributed by atoms with Gasteiger partial charge in [-0.1, -0.05) is 0 Å². The third kappa shape index (κ3) is 5.08. The summed E-state index contributed by atoms with van der Waals surface area (Å²) in [5.74, 6) is -0.0835. The van der Waals surface area contributed by atoms with Crippen LogP contribution in [0.25, 0.3) is 0 Å². The van der Waals surface area contributed by atoms with Gasteiger partial charge in [0.2, 0.25) is 5.91 Å². The standard InChI is InChI=1S/C17H26N4O5S/c18-27(24,25)19-11-13-5-3-8-20(12-13)16(22)14-6-1-2-9-21(14)17(23)15-7-4-10-26-15/h4,7,10,13-14,19H,1-3,5-6,8-9,11-12H2,(H2,18,24,25). The van der Waals surface area contributed by atoms with Gasteiger partial charge < -0.3 is 14.2 Å². The number of piperidine rings is 2. The molecule has 0 spiro atoms. The zero-order chi connectivity index (χ0) is 19.4. The van der Waals surface area contributed by atoms with Crippen molar-refractivity contribution >= 4 is 22.0 Å². The molecule has 150 valence electrons. The summed E-state index contributed by atoms with van der Waals surface area (Å²) < 4.78 is 29.7. The molecule has 0 aromatic carbocycles. The van der Waals surface area contributed by atoms with Crippen molar-refractivity contribution in [1.29, 1.82) is 0 Å². The van der Waals surface area contributed by atoms with Gasteiger partial charge in [-0.15, -0.1) is 0 Å². The van der Waals surface area contributed by atoms with E-state index < -0.39 is 16.3 Å². The van der Waals surface area contributed by atoms with E-state index >= 15 is 0 Å². The lowest BCUT2D eigenvalue weighted by Gasteiger charge is -2.40. The Morgan fingerprint density at radius 2 is 2.04 bits per heavy atom. The normalized spacial score (nSPS) is 24.0. The number of furan rings is 1. The summed E-state index contributed by atoms with van der Waals surface area (Å²) in [6.07, 6.45) is 5.44. The fraction of sp³-hybridized carbons (Fsp3) is 0.647. The van der Waals surface area contributed by atoms with E-state index in [1.807, 2.05) is 0 Å². The van der Waals surface area contributed by atoms with Crippen molar-refractivity contribution in [3.8, 4) is 0 Å². The highest BCUT2D eigenvalue weighted by Crippen LogP contribution is 2.24. The van der Waals surface area contributed by atoms with E-state index in [1.54, 1.807) is 21.9 Å². The number of hydrogen-bond acceptors (Lipinski definition) is 5. The molecule has 3 rings (SSSR count). The minimum Gasteiger partial charge on any atom is -0.459 e. The fourth-order valence-corrected chi connectivity index (χ4v) is 4.32. The van der Waals surface area contributed by atoms with Crippen LogP contribution in [0.4, 0.5) is 0 Å². The van der Waals surface area contributed by atoms with Gasteiger partial charge in [-0.05, 0) is 50.2 Å². The maximum Gasteiger partial charge on any atom is 0.290 e. The fourth-order valence-electron chi connectivity index (χ4n) is 3.85. The zero-order valence-corrected chi connectivity index (χ0v) is 16.0. The van der Waals surface area contributed by atoms with Gasteiger partial charge in [-0.2, -0.15) is 8.42 Å². The molecule has 2 saturated heterocycles. The molecule has 9 nitrogen and oxygen atoms in total. The molecule has 3 heterocycles. The van der Waals surface area contributed by atoms with Crippen molar-refractivity contribution in [3.63, 3.8) is 0 Å². The Bertz CT molecular complexity index is 764. The van der Waals surface area contributed by atoms with Gasteiger partial charge >= 0.3 is 0 Å². The molecular formula is C17H26N4O5S. The summed E-state index contributed by atoms with van der Waals surface area (Å²) in [6, 6.07) is 2.76. The number of carbonyl (C=O) groups is 2. The number of nitrogens with zero attached hydrogens (tertiary/aromatic N) is 2. The van der Waals surface area contributed by atoms with Gasteiger partial charge in [-0.25, -0.2) is 9.86 Å². The van der Waals surface area contributed by atoms with Gasteiger partial charge in [0.1, 0.15) is 6.04 Å². The lowest BCUT2D eigenvalue weighted by molar-refractivity contribution is -0.139. The van der Waals surface area contributed by atoms with Crippen LogP contribution in [0, 0.1) is 5.92 Å². The Labute approximate surface area is 159 Å². The molecular weight excluding hydrogens is 372 g/mol. The van der Waals surface area contributed by atoms with E-state index in [1.165, 1.54) is 6.26 Å². The van der Waals surface area contributed by atoms with E-state index in [4.69, 9.17) is 9.56 Å². The molecule has 2 fully saturated rings. The van der Waals surface area contributed by atoms with Gasteiger partial charge in [0.15, 0.2) is 5.76 Å². The van der Waals surface area contributed by atoms with Crippen LogP contribution in [0.2, 0.25) is 0 Å². The van der Waals surface area contributed by atoms with Crippen molar-refractivity contribution in [2.45, 2.75) is 38.1 Å². The number of likely N-dealkylation sites (tertiary alicyclic amines) is 2. The molecule has 0 aliphatic carbocycles. The highest BCUT2D eigenvalue weighted by atomic mass is 32.2. The quantitative estimate of drug-likeness (QED) is 0.738. The Morgan fingerprint density at radius 3 is 2.74 bits per heavy atom. The summed E-state index contributed by atoms with van der Waals surface area (Å²) in [4.78, 5) is 29.2. The largest absolute Gasteiger partial charge is 0.459 e. The molecule has 0 saturated carbocycles. The second-order valence-corrected chi connectivity index (χ2v) is 8.55. The molecule has 2 aliphatic rings. The lowest BCUT2D eigenvalue weighted by atomic mass is 9.95. The summed E-state index contributed by atoms with van der Waals surface area (Å²) in [5.41, 5.74) is 0. The highest BCUT2D eigenvalue weighted by Gasteiger charge is 2.37. The predicted octanol–water partition coefficient (Wildman–Crippen LogP) is 0.306. The van der Waals surface area contributed by atoms with Crippen molar-refractivity contribution in [3.05, 3.63) is 24.2 Å². The lowest BCUT2D eigenvalue weighted by Crippen LogP contribution is -2.55. The molecule has 1 aromatic heterocycles. The maximum absolute atomic E-state index is 13.1. The Morgan fingerprint density at radius 1 is 1.22 bits per heavy atom. The molecule has 2 aliphatic heterocycles. The van der Waals surface area contributed by atoms with Crippen LogP contribution in [-0.2, 0) is 15.0 Å². The summed E-state index contributed by atoms with van der Waals surface area (Å²) >= 11 is 0. The summed E-state index contributed by atoms with van der Waals surface area (Å²) in [7, 11) is -3.74. The van der Waals surface area contributed by atoms with Crippen LogP contribution >= 0.6 is 0 Å². The second-order valence-electron chi connectivity index (χ2n) is 7.17. The molecule has 10 heteroatoms. The first kappa shape index (κ1) is 19.8. The molecule has 27 heavy (non-hydrogen) atoms. The van der Waals surface area contributed by atoms with E-state index in [0.29, 0.717) is 26.1 Å². The van der Waals surface area contributed by atoms with Crippen molar-refractivity contribution in [1.82, 2.24) is 14.5 Å². The van der Waals surface area contributed by atoms with Crippen LogP contribution in [0.5, 0.6) is 0 Å². The first-order valence-electron chi connectivity index (χ1n) is 9.26. The number of hydrogen-bond donors (Lipinski definition) is 2. The number of amides is 2. The van der Waals surface area contributed by atoms with E-state index in [9.17, 15) is 18.0 Å². The monoisotopic (exact) mass is 398 g/mol. The van der Waals surface area contributed by atoms with Crippen LogP contribution in [0.3, 0.4) is 0 Å². The second kappa shape index (κ2) is 8.41. The zero-order valence-electron chi connectivity index (χ0n) is 15.2. The molecule has 0 radical (unpaired) electrons. The number of nitrogens with two attached hydrogens (primary N) is 1. The average Bonchev–Trinajstić information content (AvgIpc) is 3.20. The van der Waals surface area contributed by atoms with Crippen LogP contribution < -0.4 is 9.86 Å². The summed E-state index contributed by atoms with van der Waals surface area (Å²) in [5, 5.41) is 4.99. The smallest absolute Gasteiger partial charge is 0.290 e. The topological polar surface area (TPSA) is 126 Å². The predicted molar refractivity (Wildman–Crippen MR) is 97.8 cm³/mol. The first-order valence-corrected chi connectivity index (χ1v) is 10.8. The minimum atomic E-state index is -3.74.